The van der Waals surface area contributed by atoms with Crippen LogP contribution in [-0.4, -0.2) is 48.3 Å². The van der Waals surface area contributed by atoms with E-state index in [9.17, 15) is 12.6 Å². The van der Waals surface area contributed by atoms with Crippen molar-refractivity contribution in [2.45, 2.75) is 31.6 Å². The highest BCUT2D eigenvalue weighted by atomic mass is 32.2. The second-order valence-electron chi connectivity index (χ2n) is 4.65. The maximum atomic E-state index is 12.0. The van der Waals surface area contributed by atoms with Crippen LogP contribution in [0.3, 0.4) is 0 Å². The lowest BCUT2D eigenvalue weighted by Gasteiger charge is -2.16. The second kappa shape index (κ2) is 5.60. The number of sulfone groups is 1. The molecule has 1 rings (SSSR count). The van der Waals surface area contributed by atoms with Gasteiger partial charge < -0.3 is 4.74 Å². The molecule has 16 heavy (non-hydrogen) atoms. The second-order valence-corrected chi connectivity index (χ2v) is 8.53. The van der Waals surface area contributed by atoms with Crippen molar-refractivity contribution in [1.29, 1.82) is 0 Å². The minimum atomic E-state index is -2.97. The van der Waals surface area contributed by atoms with Crippen molar-refractivity contribution in [1.82, 2.24) is 0 Å². The Balaban J connectivity index is 2.45. The van der Waals surface area contributed by atoms with Crippen molar-refractivity contribution in [2.75, 3.05) is 24.4 Å². The zero-order valence-corrected chi connectivity index (χ0v) is 11.6. The standard InChI is InChI=1S/C10H20O4S2/c1-8(7-16(3,12)13)6-15(11)10-4-5-14-9(10)2/h8-10H,4-7H2,1-3H3. The molecule has 0 spiro atoms. The van der Waals surface area contributed by atoms with Crippen LogP contribution >= 0.6 is 0 Å². The molecule has 4 atom stereocenters. The molecular formula is C10H20O4S2. The van der Waals surface area contributed by atoms with Crippen molar-refractivity contribution in [3.8, 4) is 0 Å². The Morgan fingerprint density at radius 1 is 1.50 bits per heavy atom. The summed E-state index contributed by atoms with van der Waals surface area (Å²) in [5.41, 5.74) is 0. The van der Waals surface area contributed by atoms with Gasteiger partial charge in [0.2, 0.25) is 0 Å². The first kappa shape index (κ1) is 14.1. The van der Waals surface area contributed by atoms with E-state index in [1.165, 1.54) is 6.26 Å². The third-order valence-electron chi connectivity index (χ3n) is 2.68. The zero-order chi connectivity index (χ0) is 12.3. The lowest BCUT2D eigenvalue weighted by atomic mass is 10.2. The van der Waals surface area contributed by atoms with Crippen molar-refractivity contribution < 1.29 is 17.4 Å². The molecule has 4 nitrogen and oxygen atoms in total. The Morgan fingerprint density at radius 3 is 2.56 bits per heavy atom. The van der Waals surface area contributed by atoms with Crippen molar-refractivity contribution in [2.24, 2.45) is 5.92 Å². The molecular weight excluding hydrogens is 248 g/mol. The summed E-state index contributed by atoms with van der Waals surface area (Å²) in [5, 5.41) is 0.0713. The molecule has 6 heteroatoms. The summed E-state index contributed by atoms with van der Waals surface area (Å²) in [6, 6.07) is 0. The van der Waals surface area contributed by atoms with Crippen molar-refractivity contribution in [3.05, 3.63) is 0 Å². The molecule has 1 saturated heterocycles. The van der Waals surface area contributed by atoms with Gasteiger partial charge >= 0.3 is 0 Å². The average Bonchev–Trinajstić information content (AvgIpc) is 2.47. The molecule has 1 heterocycles. The topological polar surface area (TPSA) is 60.4 Å². The van der Waals surface area contributed by atoms with Crippen LogP contribution in [0.1, 0.15) is 20.3 Å². The highest BCUT2D eigenvalue weighted by molar-refractivity contribution is 7.90. The van der Waals surface area contributed by atoms with Gasteiger partial charge in [0.15, 0.2) is 0 Å². The number of ether oxygens (including phenoxy) is 1. The Hall–Kier alpha value is 0.0600. The van der Waals surface area contributed by atoms with Gasteiger partial charge in [-0.3, -0.25) is 4.21 Å². The SMILES string of the molecule is CC(CS(=O)C1CCOC1C)CS(C)(=O)=O. The van der Waals surface area contributed by atoms with Crippen LogP contribution < -0.4 is 0 Å². The fraction of sp³-hybridized carbons (Fsp3) is 1.00. The van der Waals surface area contributed by atoms with E-state index in [1.807, 2.05) is 13.8 Å². The molecule has 0 amide bonds. The van der Waals surface area contributed by atoms with Crippen LogP contribution in [0, 0.1) is 5.92 Å². The molecule has 0 aromatic rings. The first-order valence-electron chi connectivity index (χ1n) is 5.46. The molecule has 1 fully saturated rings. The lowest BCUT2D eigenvalue weighted by Crippen LogP contribution is -2.28. The van der Waals surface area contributed by atoms with Gasteiger partial charge in [-0.25, -0.2) is 8.42 Å². The lowest BCUT2D eigenvalue weighted by molar-refractivity contribution is 0.127. The van der Waals surface area contributed by atoms with Crippen LogP contribution in [0.4, 0.5) is 0 Å². The number of hydrogen-bond acceptors (Lipinski definition) is 4. The molecule has 0 aliphatic carbocycles. The van der Waals surface area contributed by atoms with E-state index >= 15 is 0 Å². The van der Waals surface area contributed by atoms with E-state index < -0.39 is 20.6 Å². The first-order chi connectivity index (χ1) is 7.29. The van der Waals surface area contributed by atoms with Gasteiger partial charge in [0.05, 0.1) is 17.1 Å². The van der Waals surface area contributed by atoms with Crippen LogP contribution in [0.25, 0.3) is 0 Å². The Bertz CT molecular complexity index is 350. The molecule has 1 aliphatic heterocycles. The molecule has 96 valence electrons. The molecule has 0 bridgehead atoms. The van der Waals surface area contributed by atoms with Gasteiger partial charge in [-0.2, -0.15) is 0 Å². The highest BCUT2D eigenvalue weighted by Gasteiger charge is 2.30. The summed E-state index contributed by atoms with van der Waals surface area (Å²) < 4.78 is 39.5. The zero-order valence-electron chi connectivity index (χ0n) is 10.0. The predicted molar refractivity (Wildman–Crippen MR) is 65.7 cm³/mol. The third-order valence-corrected chi connectivity index (χ3v) is 6.05. The Kier molecular flexibility index (Phi) is 4.94. The van der Waals surface area contributed by atoms with Gasteiger partial charge in [-0.05, 0) is 19.3 Å². The summed E-state index contributed by atoms with van der Waals surface area (Å²) in [7, 11) is -3.95. The summed E-state index contributed by atoms with van der Waals surface area (Å²) in [5.74, 6) is 0.509. The Labute approximate surface area is 100 Å². The number of hydrogen-bond donors (Lipinski definition) is 0. The maximum absolute atomic E-state index is 12.0. The fourth-order valence-corrected chi connectivity index (χ4v) is 5.12. The molecule has 1 aliphatic rings. The summed E-state index contributed by atoms with van der Waals surface area (Å²) in [6.07, 6.45) is 2.07. The summed E-state index contributed by atoms with van der Waals surface area (Å²) in [6.45, 7) is 4.42. The monoisotopic (exact) mass is 268 g/mol. The maximum Gasteiger partial charge on any atom is 0.147 e. The quantitative estimate of drug-likeness (QED) is 0.732. The first-order valence-corrected chi connectivity index (χ1v) is 8.90. The highest BCUT2D eigenvalue weighted by Crippen LogP contribution is 2.20. The predicted octanol–water partition coefficient (Wildman–Crippen LogP) is 0.593. The van der Waals surface area contributed by atoms with Gasteiger partial charge in [0.1, 0.15) is 9.84 Å². The molecule has 0 aromatic carbocycles. The van der Waals surface area contributed by atoms with Gasteiger partial charge in [-0.1, -0.05) is 6.92 Å². The van der Waals surface area contributed by atoms with Crippen LogP contribution in [0.2, 0.25) is 0 Å². The van der Waals surface area contributed by atoms with Gasteiger partial charge in [-0.15, -0.1) is 0 Å². The van der Waals surface area contributed by atoms with E-state index in [0.717, 1.165) is 6.42 Å². The van der Waals surface area contributed by atoms with E-state index in [4.69, 9.17) is 4.74 Å². The molecule has 0 N–H and O–H groups in total. The average molecular weight is 268 g/mol. The minimum absolute atomic E-state index is 0.0336. The molecule has 0 radical (unpaired) electrons. The minimum Gasteiger partial charge on any atom is -0.377 e. The van der Waals surface area contributed by atoms with Crippen LogP contribution in [-0.2, 0) is 25.4 Å². The smallest absolute Gasteiger partial charge is 0.147 e. The van der Waals surface area contributed by atoms with E-state index in [2.05, 4.69) is 0 Å². The fourth-order valence-electron chi connectivity index (χ4n) is 2.03. The van der Waals surface area contributed by atoms with Crippen molar-refractivity contribution in [3.63, 3.8) is 0 Å². The summed E-state index contributed by atoms with van der Waals surface area (Å²) in [4.78, 5) is 0. The van der Waals surface area contributed by atoms with E-state index in [-0.39, 0.29) is 23.0 Å². The summed E-state index contributed by atoms with van der Waals surface area (Å²) >= 11 is 0. The molecule has 0 saturated carbocycles. The van der Waals surface area contributed by atoms with E-state index in [1.54, 1.807) is 0 Å². The normalized spacial score (nSPS) is 30.2. The number of rotatable bonds is 5. The van der Waals surface area contributed by atoms with Crippen LogP contribution in [0.15, 0.2) is 0 Å². The van der Waals surface area contributed by atoms with Crippen LogP contribution in [0.5, 0.6) is 0 Å². The van der Waals surface area contributed by atoms with Gasteiger partial charge in [0.25, 0.3) is 0 Å². The van der Waals surface area contributed by atoms with Gasteiger partial charge in [0, 0.05) is 29.4 Å². The molecule has 4 unspecified atom stereocenters. The third kappa shape index (κ3) is 4.51. The van der Waals surface area contributed by atoms with Crippen molar-refractivity contribution >= 4 is 20.6 Å². The largest absolute Gasteiger partial charge is 0.377 e. The van der Waals surface area contributed by atoms with E-state index in [0.29, 0.717) is 12.4 Å². The Morgan fingerprint density at radius 2 is 2.12 bits per heavy atom. The molecule has 0 aromatic heterocycles.